The molecule has 1 aromatic carbocycles. The van der Waals surface area contributed by atoms with Gasteiger partial charge in [-0.1, -0.05) is 44.2 Å². The van der Waals surface area contributed by atoms with Crippen LogP contribution >= 0.6 is 11.3 Å². The van der Waals surface area contributed by atoms with E-state index in [1.165, 1.54) is 0 Å². The summed E-state index contributed by atoms with van der Waals surface area (Å²) in [5.41, 5.74) is 2.73. The molecule has 0 unspecified atom stereocenters. The predicted molar refractivity (Wildman–Crippen MR) is 153 cm³/mol. The van der Waals surface area contributed by atoms with Gasteiger partial charge >= 0.3 is 0 Å². The number of amides is 3. The smallest absolute Gasteiger partial charge is 0.246 e. The number of benzene rings is 1. The molecular weight excluding hydrogens is 510 g/mol. The van der Waals surface area contributed by atoms with Crippen LogP contribution in [0.25, 0.3) is 21.5 Å². The zero-order chi connectivity index (χ0) is 27.5. The minimum Gasteiger partial charge on any atom is -0.344 e. The number of likely N-dealkylation sites (tertiary alicyclic amines) is 2. The van der Waals surface area contributed by atoms with Crippen molar-refractivity contribution in [3.63, 3.8) is 0 Å². The number of carbonyl (C=O) groups is 3. The van der Waals surface area contributed by atoms with Crippen LogP contribution < -0.4 is 5.32 Å². The van der Waals surface area contributed by atoms with E-state index in [0.717, 1.165) is 39.3 Å². The highest BCUT2D eigenvalue weighted by atomic mass is 32.1. The van der Waals surface area contributed by atoms with E-state index in [4.69, 9.17) is 4.98 Å². The Hall–Kier alpha value is -3.33. The molecule has 0 aliphatic carbocycles. The van der Waals surface area contributed by atoms with Crippen molar-refractivity contribution in [3.05, 3.63) is 47.6 Å². The van der Waals surface area contributed by atoms with E-state index in [0.29, 0.717) is 38.9 Å². The topological polar surface area (TPSA) is 95.5 Å². The SMILES string of the molecule is CC[C@@H](C)C(=O)N[C@H](C(=O)N1CCC[C@H]1c1nc2c(-c3ccccc3)nccc2s1)C1CCN(C(C)=O)CC1. The molecule has 2 saturated heterocycles. The number of nitrogens with zero attached hydrogens (tertiary/aromatic N) is 4. The van der Waals surface area contributed by atoms with Crippen molar-refractivity contribution in [2.45, 2.75) is 65.0 Å². The Bertz CT molecular complexity index is 1330. The highest BCUT2D eigenvalue weighted by Crippen LogP contribution is 2.39. The third-order valence-electron chi connectivity index (χ3n) is 8.27. The minimum absolute atomic E-state index is 0.00777. The molecule has 3 amide bonds. The molecule has 1 N–H and O–H groups in total. The standard InChI is InChI=1S/C30H37N5O3S/c1-4-19(2)28(37)32-26(22-13-17-34(18-14-22)20(3)36)30(38)35-16-8-11-23(35)29-33-27-24(39-29)12-15-31-25(27)21-9-6-5-7-10-21/h5-7,9-10,12,15,19,22-23,26H,4,8,11,13-14,16-18H2,1-3H3,(H,32,37)/t19-,23+,26+/m1/s1. The molecule has 2 fully saturated rings. The van der Waals surface area contributed by atoms with Crippen molar-refractivity contribution in [2.24, 2.45) is 11.8 Å². The zero-order valence-corrected chi connectivity index (χ0v) is 23.7. The van der Waals surface area contributed by atoms with Gasteiger partial charge in [0.05, 0.1) is 16.4 Å². The van der Waals surface area contributed by atoms with Crippen LogP contribution in [0, 0.1) is 11.8 Å². The first-order chi connectivity index (χ1) is 18.9. The molecule has 0 radical (unpaired) electrons. The summed E-state index contributed by atoms with van der Waals surface area (Å²) in [4.78, 5) is 52.5. The summed E-state index contributed by atoms with van der Waals surface area (Å²) in [5.74, 6) is -0.234. The second-order valence-corrected chi connectivity index (χ2v) is 11.8. The number of hydrogen-bond donors (Lipinski definition) is 1. The molecule has 0 bridgehead atoms. The Morgan fingerprint density at radius 2 is 1.82 bits per heavy atom. The van der Waals surface area contributed by atoms with Gasteiger partial charge in [-0.15, -0.1) is 11.3 Å². The minimum atomic E-state index is -0.600. The highest BCUT2D eigenvalue weighted by Gasteiger charge is 2.41. The van der Waals surface area contributed by atoms with Gasteiger partial charge in [0.15, 0.2) is 0 Å². The van der Waals surface area contributed by atoms with Gasteiger partial charge in [0.2, 0.25) is 17.7 Å². The van der Waals surface area contributed by atoms with Crippen LogP contribution in [0.4, 0.5) is 0 Å². The first kappa shape index (κ1) is 27.2. The van der Waals surface area contributed by atoms with E-state index in [2.05, 4.69) is 10.3 Å². The number of hydrogen-bond acceptors (Lipinski definition) is 6. The molecular formula is C30H37N5O3S. The van der Waals surface area contributed by atoms with E-state index in [1.807, 2.05) is 66.2 Å². The first-order valence-corrected chi connectivity index (χ1v) is 14.9. The van der Waals surface area contributed by atoms with Crippen LogP contribution in [-0.2, 0) is 14.4 Å². The third-order valence-corrected chi connectivity index (χ3v) is 9.39. The number of rotatable bonds is 7. The van der Waals surface area contributed by atoms with Gasteiger partial charge in [-0.2, -0.15) is 0 Å². The molecule has 5 rings (SSSR count). The zero-order valence-electron chi connectivity index (χ0n) is 22.9. The molecule has 2 aromatic heterocycles. The Kier molecular flexibility index (Phi) is 8.26. The summed E-state index contributed by atoms with van der Waals surface area (Å²) in [6.07, 6.45) is 5.66. The van der Waals surface area contributed by atoms with E-state index < -0.39 is 6.04 Å². The molecule has 2 aliphatic heterocycles. The number of carbonyl (C=O) groups excluding carboxylic acids is 3. The normalized spacial score (nSPS) is 19.7. The molecule has 0 spiro atoms. The molecule has 9 heteroatoms. The summed E-state index contributed by atoms with van der Waals surface area (Å²) in [6, 6.07) is 11.3. The lowest BCUT2D eigenvalue weighted by Gasteiger charge is -2.38. The van der Waals surface area contributed by atoms with Crippen molar-refractivity contribution in [1.29, 1.82) is 0 Å². The van der Waals surface area contributed by atoms with Crippen LogP contribution in [0.15, 0.2) is 42.6 Å². The first-order valence-electron chi connectivity index (χ1n) is 14.0. The number of nitrogens with one attached hydrogen (secondary N) is 1. The van der Waals surface area contributed by atoms with Crippen LogP contribution in [0.1, 0.15) is 63.9 Å². The van der Waals surface area contributed by atoms with E-state index in [-0.39, 0.29) is 35.6 Å². The second kappa shape index (κ2) is 11.8. The number of piperidine rings is 1. The van der Waals surface area contributed by atoms with Crippen molar-refractivity contribution >= 4 is 39.3 Å². The van der Waals surface area contributed by atoms with Gasteiger partial charge in [-0.05, 0) is 44.1 Å². The molecule has 0 saturated carbocycles. The Balaban J connectivity index is 1.42. The van der Waals surface area contributed by atoms with Gasteiger partial charge in [-0.3, -0.25) is 19.4 Å². The van der Waals surface area contributed by atoms with E-state index in [9.17, 15) is 14.4 Å². The quantitative estimate of drug-likeness (QED) is 0.458. The summed E-state index contributed by atoms with van der Waals surface area (Å²) < 4.78 is 1.05. The fourth-order valence-corrected chi connectivity index (χ4v) is 6.81. The van der Waals surface area contributed by atoms with Gasteiger partial charge in [-0.25, -0.2) is 4.98 Å². The number of aromatic nitrogens is 2. The molecule has 39 heavy (non-hydrogen) atoms. The van der Waals surface area contributed by atoms with Crippen molar-refractivity contribution in [2.75, 3.05) is 19.6 Å². The molecule has 8 nitrogen and oxygen atoms in total. The lowest BCUT2D eigenvalue weighted by Crippen LogP contribution is -2.55. The average Bonchev–Trinajstić information content (AvgIpc) is 3.63. The molecule has 206 valence electrons. The summed E-state index contributed by atoms with van der Waals surface area (Å²) in [7, 11) is 0. The second-order valence-electron chi connectivity index (χ2n) is 10.8. The maximum atomic E-state index is 14.2. The van der Waals surface area contributed by atoms with Crippen LogP contribution in [0.3, 0.4) is 0 Å². The summed E-state index contributed by atoms with van der Waals surface area (Å²) in [6.45, 7) is 7.32. The summed E-state index contributed by atoms with van der Waals surface area (Å²) >= 11 is 1.62. The maximum Gasteiger partial charge on any atom is 0.246 e. The highest BCUT2D eigenvalue weighted by molar-refractivity contribution is 7.18. The lowest BCUT2D eigenvalue weighted by atomic mass is 9.87. The average molecular weight is 548 g/mol. The number of thiazole rings is 1. The van der Waals surface area contributed by atoms with Crippen LogP contribution in [-0.4, -0.2) is 63.2 Å². The van der Waals surface area contributed by atoms with Gasteiger partial charge < -0.3 is 15.1 Å². The molecule has 4 heterocycles. The Morgan fingerprint density at radius 1 is 1.08 bits per heavy atom. The lowest BCUT2D eigenvalue weighted by molar-refractivity contribution is -0.140. The van der Waals surface area contributed by atoms with Gasteiger partial charge in [0.1, 0.15) is 16.6 Å². The van der Waals surface area contributed by atoms with Crippen molar-refractivity contribution in [3.8, 4) is 11.3 Å². The van der Waals surface area contributed by atoms with E-state index >= 15 is 0 Å². The van der Waals surface area contributed by atoms with Crippen molar-refractivity contribution < 1.29 is 14.4 Å². The van der Waals surface area contributed by atoms with Crippen molar-refractivity contribution in [1.82, 2.24) is 25.1 Å². The largest absolute Gasteiger partial charge is 0.344 e. The van der Waals surface area contributed by atoms with Crippen LogP contribution in [0.5, 0.6) is 0 Å². The Labute approximate surface area is 233 Å². The fourth-order valence-electron chi connectivity index (χ4n) is 5.70. The predicted octanol–water partition coefficient (Wildman–Crippen LogP) is 4.81. The van der Waals surface area contributed by atoms with Crippen LogP contribution in [0.2, 0.25) is 0 Å². The monoisotopic (exact) mass is 547 g/mol. The van der Waals surface area contributed by atoms with E-state index in [1.54, 1.807) is 18.3 Å². The Morgan fingerprint density at radius 3 is 2.51 bits per heavy atom. The van der Waals surface area contributed by atoms with Gasteiger partial charge in [0.25, 0.3) is 0 Å². The molecule has 3 aromatic rings. The third kappa shape index (κ3) is 5.69. The van der Waals surface area contributed by atoms with Gasteiger partial charge in [0, 0.05) is 44.2 Å². The molecule has 2 aliphatic rings. The number of fused-ring (bicyclic) bond motifs is 1. The summed E-state index contributed by atoms with van der Waals surface area (Å²) in [5, 5.41) is 4.04. The maximum absolute atomic E-state index is 14.2. The number of pyridine rings is 1. The molecule has 3 atom stereocenters. The fraction of sp³-hybridized carbons (Fsp3) is 0.500.